The minimum absolute atomic E-state index is 0.0158. The summed E-state index contributed by atoms with van der Waals surface area (Å²) in [6, 6.07) is 4.50. The smallest absolute Gasteiger partial charge is 0.239 e. The van der Waals surface area contributed by atoms with Gasteiger partial charge >= 0.3 is 0 Å². The van der Waals surface area contributed by atoms with Crippen LogP contribution in [0.4, 0.5) is 5.69 Å². The number of aromatic nitrogens is 5. The molecule has 0 saturated carbocycles. The Labute approximate surface area is 186 Å². The van der Waals surface area contributed by atoms with E-state index in [1.807, 2.05) is 36.0 Å². The molecule has 166 valence electrons. The molecule has 1 N–H and O–H groups in total. The quantitative estimate of drug-likeness (QED) is 0.683. The van der Waals surface area contributed by atoms with E-state index in [2.05, 4.69) is 41.7 Å². The number of thioether (sulfide) groups is 1. The second-order valence-electron chi connectivity index (χ2n) is 8.34. The van der Waals surface area contributed by atoms with Crippen LogP contribution in [0.5, 0.6) is 0 Å². The van der Waals surface area contributed by atoms with Crippen molar-refractivity contribution in [3.63, 3.8) is 0 Å². The van der Waals surface area contributed by atoms with E-state index in [1.165, 1.54) is 0 Å². The molecule has 0 aliphatic carbocycles. The molecule has 31 heavy (non-hydrogen) atoms. The molecule has 10 nitrogen and oxygen atoms in total. The van der Waals surface area contributed by atoms with Gasteiger partial charge in [-0.2, -0.15) is 11.8 Å². The van der Waals surface area contributed by atoms with E-state index >= 15 is 0 Å². The number of anilines is 1. The van der Waals surface area contributed by atoms with Gasteiger partial charge in [0.1, 0.15) is 5.69 Å². The van der Waals surface area contributed by atoms with Gasteiger partial charge in [0.05, 0.1) is 17.9 Å². The van der Waals surface area contributed by atoms with Crippen LogP contribution in [-0.4, -0.2) is 110 Å². The monoisotopic (exact) mass is 443 g/mol. The maximum atomic E-state index is 12.8. The van der Waals surface area contributed by atoms with Gasteiger partial charge in [0.25, 0.3) is 0 Å². The number of amides is 1. The zero-order valence-corrected chi connectivity index (χ0v) is 18.7. The van der Waals surface area contributed by atoms with Gasteiger partial charge in [-0.25, -0.2) is 4.68 Å². The largest absolute Gasteiger partial charge is 0.368 e. The predicted molar refractivity (Wildman–Crippen MR) is 120 cm³/mol. The van der Waals surface area contributed by atoms with Gasteiger partial charge in [-0.1, -0.05) is 0 Å². The van der Waals surface area contributed by atoms with Gasteiger partial charge in [-0.3, -0.25) is 14.7 Å². The molecule has 1 amide bonds. The molecule has 0 spiro atoms. The van der Waals surface area contributed by atoms with Crippen molar-refractivity contribution in [1.82, 2.24) is 40.3 Å². The van der Waals surface area contributed by atoms with Crippen LogP contribution in [0.1, 0.15) is 6.42 Å². The van der Waals surface area contributed by atoms with Crippen LogP contribution in [-0.2, 0) is 11.8 Å². The normalized spacial score (nSPS) is 25.2. The average molecular weight is 444 g/mol. The molecule has 3 aliphatic heterocycles. The number of pyridine rings is 1. The fourth-order valence-corrected chi connectivity index (χ4v) is 5.59. The fourth-order valence-electron chi connectivity index (χ4n) is 4.68. The van der Waals surface area contributed by atoms with E-state index in [0.717, 1.165) is 75.1 Å². The summed E-state index contributed by atoms with van der Waals surface area (Å²) in [6.07, 6.45) is 2.83. The maximum Gasteiger partial charge on any atom is 0.239 e. The number of tetrazole rings is 1. The van der Waals surface area contributed by atoms with Gasteiger partial charge in [0.2, 0.25) is 5.91 Å². The number of carbonyl (C=O) groups is 1. The highest BCUT2D eigenvalue weighted by Gasteiger charge is 2.36. The third kappa shape index (κ3) is 4.39. The van der Waals surface area contributed by atoms with Gasteiger partial charge in [0.15, 0.2) is 5.82 Å². The van der Waals surface area contributed by atoms with Crippen molar-refractivity contribution in [2.75, 3.05) is 62.2 Å². The SMILES string of the molecule is Cn1nnnc1-c1ccc(N2CCN([C@@H]3CN[C@H](C(=O)N4CCSCC4)C3)CC2)cn1. The van der Waals surface area contributed by atoms with Crippen molar-refractivity contribution in [3.05, 3.63) is 18.3 Å². The van der Waals surface area contributed by atoms with E-state index in [-0.39, 0.29) is 6.04 Å². The molecule has 5 heterocycles. The third-order valence-electron chi connectivity index (χ3n) is 6.52. The van der Waals surface area contributed by atoms with Crippen LogP contribution in [0, 0.1) is 0 Å². The lowest BCUT2D eigenvalue weighted by Crippen LogP contribution is -2.51. The molecule has 3 fully saturated rings. The number of piperazine rings is 1. The molecular weight excluding hydrogens is 414 g/mol. The molecule has 3 saturated heterocycles. The van der Waals surface area contributed by atoms with Crippen LogP contribution >= 0.6 is 11.8 Å². The topological polar surface area (TPSA) is 95.3 Å². The van der Waals surface area contributed by atoms with Crippen molar-refractivity contribution in [2.45, 2.75) is 18.5 Å². The first-order valence-electron chi connectivity index (χ1n) is 11.0. The van der Waals surface area contributed by atoms with Crippen LogP contribution in [0.15, 0.2) is 18.3 Å². The molecule has 2 aromatic heterocycles. The number of rotatable bonds is 4. The lowest BCUT2D eigenvalue weighted by molar-refractivity contribution is -0.132. The molecule has 0 bridgehead atoms. The number of nitrogens with one attached hydrogen (secondary N) is 1. The van der Waals surface area contributed by atoms with E-state index in [9.17, 15) is 4.79 Å². The van der Waals surface area contributed by atoms with Gasteiger partial charge < -0.3 is 15.1 Å². The summed E-state index contributed by atoms with van der Waals surface area (Å²) in [7, 11) is 1.81. The first-order valence-corrected chi connectivity index (χ1v) is 12.1. The molecule has 3 aliphatic rings. The van der Waals surface area contributed by atoms with Crippen molar-refractivity contribution >= 4 is 23.4 Å². The first-order chi connectivity index (χ1) is 15.2. The Kier molecular flexibility index (Phi) is 6.06. The zero-order valence-electron chi connectivity index (χ0n) is 17.9. The molecule has 5 rings (SSSR count). The Balaban J connectivity index is 1.13. The Morgan fingerprint density at radius 1 is 1.13 bits per heavy atom. The highest BCUT2D eigenvalue weighted by molar-refractivity contribution is 7.99. The summed E-state index contributed by atoms with van der Waals surface area (Å²) < 4.78 is 1.62. The van der Waals surface area contributed by atoms with Gasteiger partial charge in [-0.15, -0.1) is 5.10 Å². The van der Waals surface area contributed by atoms with Gasteiger partial charge in [0, 0.05) is 70.4 Å². The van der Waals surface area contributed by atoms with E-state index in [4.69, 9.17) is 0 Å². The Morgan fingerprint density at radius 3 is 2.61 bits per heavy atom. The number of nitrogens with zero attached hydrogens (tertiary/aromatic N) is 8. The standard InChI is InChI=1S/C20H29N9OS/c1-26-19(23-24-25-26)17-3-2-15(13-21-17)27-4-6-28(7-5-27)16-12-18(22-14-16)20(30)29-8-10-31-11-9-29/h2-3,13,16,18,22H,4-12,14H2,1H3/t16-,18-/m0/s1. The summed E-state index contributed by atoms with van der Waals surface area (Å²) in [4.78, 5) is 24.3. The summed E-state index contributed by atoms with van der Waals surface area (Å²) in [5.41, 5.74) is 1.90. The fraction of sp³-hybridized carbons (Fsp3) is 0.650. The second-order valence-corrected chi connectivity index (χ2v) is 9.56. The molecule has 0 unspecified atom stereocenters. The van der Waals surface area contributed by atoms with Crippen molar-refractivity contribution in [3.8, 4) is 11.5 Å². The molecule has 2 atom stereocenters. The lowest BCUT2D eigenvalue weighted by atomic mass is 10.1. The average Bonchev–Trinajstić information content (AvgIpc) is 3.49. The van der Waals surface area contributed by atoms with E-state index in [0.29, 0.717) is 17.8 Å². The van der Waals surface area contributed by atoms with E-state index < -0.39 is 0 Å². The number of hydrogen-bond acceptors (Lipinski definition) is 9. The van der Waals surface area contributed by atoms with Crippen LogP contribution in [0.3, 0.4) is 0 Å². The Bertz CT molecular complexity index is 890. The van der Waals surface area contributed by atoms with Gasteiger partial charge in [-0.05, 0) is 29.0 Å². The minimum Gasteiger partial charge on any atom is -0.368 e. The predicted octanol–water partition coefficient (Wildman–Crippen LogP) is -0.300. The van der Waals surface area contributed by atoms with Crippen molar-refractivity contribution in [1.29, 1.82) is 0 Å². The third-order valence-corrected chi connectivity index (χ3v) is 7.46. The molecule has 2 aromatic rings. The number of hydrogen-bond donors (Lipinski definition) is 1. The number of carbonyl (C=O) groups excluding carboxylic acids is 1. The highest BCUT2D eigenvalue weighted by atomic mass is 32.2. The summed E-state index contributed by atoms with van der Waals surface area (Å²) in [5.74, 6) is 3.09. The van der Waals surface area contributed by atoms with Crippen molar-refractivity contribution in [2.24, 2.45) is 7.05 Å². The first kappa shape index (κ1) is 20.7. The Morgan fingerprint density at radius 2 is 1.94 bits per heavy atom. The van der Waals surface area contributed by atoms with Crippen molar-refractivity contribution < 1.29 is 4.79 Å². The number of aryl methyl sites for hydroxylation is 1. The summed E-state index contributed by atoms with van der Waals surface area (Å²) in [6.45, 7) is 6.62. The minimum atomic E-state index is -0.0158. The van der Waals surface area contributed by atoms with Crippen LogP contribution in [0.2, 0.25) is 0 Å². The maximum absolute atomic E-state index is 12.8. The van der Waals surface area contributed by atoms with Crippen LogP contribution < -0.4 is 10.2 Å². The van der Waals surface area contributed by atoms with Crippen LogP contribution in [0.25, 0.3) is 11.5 Å². The lowest BCUT2D eigenvalue weighted by Gasteiger charge is -2.38. The zero-order chi connectivity index (χ0) is 21.2. The molecule has 0 radical (unpaired) electrons. The summed E-state index contributed by atoms with van der Waals surface area (Å²) in [5, 5.41) is 15.0. The summed E-state index contributed by atoms with van der Waals surface area (Å²) >= 11 is 1.94. The highest BCUT2D eigenvalue weighted by Crippen LogP contribution is 2.23. The molecule has 11 heteroatoms. The molecule has 0 aromatic carbocycles. The van der Waals surface area contributed by atoms with E-state index in [1.54, 1.807) is 4.68 Å². The Hall–Kier alpha value is -2.24. The molecular formula is C20H29N9OS. The second kappa shape index (κ2) is 9.09.